The molecule has 8 nitrogen and oxygen atoms in total. The fraction of sp³-hybridized carbons (Fsp3) is 0.368. The van der Waals surface area contributed by atoms with Crippen LogP contribution in [0.1, 0.15) is 18.4 Å². The van der Waals surface area contributed by atoms with Crippen LogP contribution < -0.4 is 15.4 Å². The minimum Gasteiger partial charge on any atom is -0.497 e. The summed E-state index contributed by atoms with van der Waals surface area (Å²) in [6.07, 6.45) is 1.35. The largest absolute Gasteiger partial charge is 0.497 e. The van der Waals surface area contributed by atoms with Gasteiger partial charge in [0.05, 0.1) is 7.11 Å². The van der Waals surface area contributed by atoms with Crippen LogP contribution in [0.3, 0.4) is 0 Å². The average molecular weight is 438 g/mol. The molecule has 0 saturated carbocycles. The highest BCUT2D eigenvalue weighted by Crippen LogP contribution is 2.28. The number of hydrogen-bond donors (Lipinski definition) is 2. The molecule has 0 bridgehead atoms. The highest BCUT2D eigenvalue weighted by Gasteiger charge is 2.36. The highest BCUT2D eigenvalue weighted by atomic mass is 32.2. The lowest BCUT2D eigenvalue weighted by Crippen LogP contribution is -2.46. The predicted molar refractivity (Wildman–Crippen MR) is 109 cm³/mol. The van der Waals surface area contributed by atoms with E-state index in [-0.39, 0.29) is 23.3 Å². The topological polar surface area (TPSA) is 105 Å². The van der Waals surface area contributed by atoms with Crippen molar-refractivity contribution in [3.8, 4) is 5.75 Å². The van der Waals surface area contributed by atoms with Gasteiger partial charge in [-0.15, -0.1) is 11.3 Å². The number of benzene rings is 1. The molecule has 1 aromatic heterocycles. The van der Waals surface area contributed by atoms with E-state index in [2.05, 4.69) is 10.6 Å². The molecule has 1 aromatic carbocycles. The summed E-state index contributed by atoms with van der Waals surface area (Å²) in [7, 11) is -2.03. The van der Waals surface area contributed by atoms with Crippen LogP contribution in [0.2, 0.25) is 0 Å². The lowest BCUT2D eigenvalue weighted by Gasteiger charge is -2.23. The summed E-state index contributed by atoms with van der Waals surface area (Å²) in [5.41, 5.74) is 0.800. The molecular weight excluding hydrogens is 414 g/mol. The number of hydrogen-bond acceptors (Lipinski definition) is 6. The molecule has 29 heavy (non-hydrogen) atoms. The van der Waals surface area contributed by atoms with Crippen molar-refractivity contribution in [3.63, 3.8) is 0 Å². The van der Waals surface area contributed by atoms with Gasteiger partial charge < -0.3 is 15.4 Å². The molecule has 2 N–H and O–H groups in total. The Hall–Kier alpha value is -2.43. The zero-order valence-electron chi connectivity index (χ0n) is 16.0. The molecule has 156 valence electrons. The molecule has 3 rings (SSSR count). The number of ether oxygens (including phenoxy) is 1. The predicted octanol–water partition coefficient (Wildman–Crippen LogP) is 1.34. The minimum absolute atomic E-state index is 0.0933. The van der Waals surface area contributed by atoms with E-state index in [1.807, 2.05) is 6.07 Å². The maximum atomic E-state index is 12.7. The van der Waals surface area contributed by atoms with Crippen LogP contribution in [0, 0.1) is 0 Å². The van der Waals surface area contributed by atoms with Gasteiger partial charge in [0.2, 0.25) is 0 Å². The van der Waals surface area contributed by atoms with Crippen LogP contribution in [0.15, 0.2) is 46.0 Å². The van der Waals surface area contributed by atoms with E-state index in [0.717, 1.165) is 5.56 Å². The number of amides is 2. The SMILES string of the molecule is COc1cccc(CNC(=O)C(=O)NC[C@H]2CCCN2S(=O)(=O)c2cccs2)c1. The summed E-state index contributed by atoms with van der Waals surface area (Å²) in [5.74, 6) is -0.888. The second kappa shape index (κ2) is 9.38. The molecule has 0 aliphatic carbocycles. The zero-order valence-corrected chi connectivity index (χ0v) is 17.6. The Morgan fingerprint density at radius 2 is 2.00 bits per heavy atom. The summed E-state index contributed by atoms with van der Waals surface area (Å²) in [6, 6.07) is 10.1. The van der Waals surface area contributed by atoms with Crippen molar-refractivity contribution in [2.24, 2.45) is 0 Å². The molecule has 0 unspecified atom stereocenters. The first-order valence-corrected chi connectivity index (χ1v) is 11.5. The number of carbonyl (C=O) groups excluding carboxylic acids is 2. The van der Waals surface area contributed by atoms with E-state index in [9.17, 15) is 18.0 Å². The fourth-order valence-corrected chi connectivity index (χ4v) is 6.00. The Morgan fingerprint density at radius 3 is 2.72 bits per heavy atom. The maximum absolute atomic E-state index is 12.7. The van der Waals surface area contributed by atoms with Crippen LogP contribution in [0.25, 0.3) is 0 Å². The van der Waals surface area contributed by atoms with Crippen LogP contribution >= 0.6 is 11.3 Å². The number of rotatable bonds is 7. The molecule has 2 amide bonds. The molecule has 1 atom stereocenters. The van der Waals surface area contributed by atoms with Crippen molar-refractivity contribution in [1.82, 2.24) is 14.9 Å². The lowest BCUT2D eigenvalue weighted by atomic mass is 10.2. The fourth-order valence-electron chi connectivity index (χ4n) is 3.19. The van der Waals surface area contributed by atoms with Crippen LogP contribution in [-0.4, -0.2) is 50.8 Å². The first-order chi connectivity index (χ1) is 13.9. The van der Waals surface area contributed by atoms with Gasteiger partial charge in [-0.2, -0.15) is 4.31 Å². The lowest BCUT2D eigenvalue weighted by molar-refractivity contribution is -0.139. The first-order valence-electron chi connectivity index (χ1n) is 9.16. The summed E-state index contributed by atoms with van der Waals surface area (Å²) in [6.45, 7) is 0.685. The third-order valence-electron chi connectivity index (χ3n) is 4.67. The first kappa shape index (κ1) is 21.3. The van der Waals surface area contributed by atoms with E-state index >= 15 is 0 Å². The second-order valence-corrected chi connectivity index (χ2v) is 9.65. The average Bonchev–Trinajstić information content (AvgIpc) is 3.43. The molecule has 1 aliphatic heterocycles. The zero-order chi connectivity index (χ0) is 20.9. The molecule has 2 heterocycles. The summed E-state index contributed by atoms with van der Waals surface area (Å²) < 4.78 is 32.3. The number of nitrogens with zero attached hydrogens (tertiary/aromatic N) is 1. The van der Waals surface area contributed by atoms with Gasteiger partial charge in [0, 0.05) is 25.7 Å². The van der Waals surface area contributed by atoms with E-state index in [1.54, 1.807) is 42.8 Å². The monoisotopic (exact) mass is 437 g/mol. The smallest absolute Gasteiger partial charge is 0.309 e. The van der Waals surface area contributed by atoms with Crippen molar-refractivity contribution in [1.29, 1.82) is 0 Å². The molecule has 1 saturated heterocycles. The molecule has 2 aromatic rings. The minimum atomic E-state index is -3.58. The van der Waals surface area contributed by atoms with Crippen molar-refractivity contribution in [3.05, 3.63) is 47.3 Å². The molecule has 10 heteroatoms. The Labute approximate surface area is 173 Å². The molecule has 1 fully saturated rings. The third-order valence-corrected chi connectivity index (χ3v) is 8.00. The normalized spacial score (nSPS) is 17.1. The molecule has 1 aliphatic rings. The Bertz CT molecular complexity index is 960. The van der Waals surface area contributed by atoms with Crippen LogP contribution in [0.5, 0.6) is 5.75 Å². The molecular formula is C19H23N3O5S2. The van der Waals surface area contributed by atoms with Gasteiger partial charge in [0.15, 0.2) is 0 Å². The number of thiophene rings is 1. The van der Waals surface area contributed by atoms with Crippen LogP contribution in [0.4, 0.5) is 0 Å². The Morgan fingerprint density at radius 1 is 1.21 bits per heavy atom. The quantitative estimate of drug-likeness (QED) is 0.636. The maximum Gasteiger partial charge on any atom is 0.309 e. The van der Waals surface area contributed by atoms with Crippen molar-refractivity contribution in [2.45, 2.75) is 29.6 Å². The van der Waals surface area contributed by atoms with Gasteiger partial charge in [-0.25, -0.2) is 8.42 Å². The summed E-state index contributed by atoms with van der Waals surface area (Å²) in [5, 5.41) is 6.82. The van der Waals surface area contributed by atoms with Gasteiger partial charge in [-0.05, 0) is 42.0 Å². The van der Waals surface area contributed by atoms with Gasteiger partial charge in [-0.1, -0.05) is 18.2 Å². The van der Waals surface area contributed by atoms with E-state index in [4.69, 9.17) is 4.74 Å². The van der Waals surface area contributed by atoms with E-state index < -0.39 is 21.8 Å². The molecule has 0 spiro atoms. The van der Waals surface area contributed by atoms with Crippen molar-refractivity contribution >= 4 is 33.2 Å². The summed E-state index contributed by atoms with van der Waals surface area (Å²) in [4.78, 5) is 24.2. The Kier molecular flexibility index (Phi) is 6.88. The molecule has 0 radical (unpaired) electrons. The van der Waals surface area contributed by atoms with Crippen molar-refractivity contribution < 1.29 is 22.7 Å². The van der Waals surface area contributed by atoms with E-state index in [1.165, 1.54) is 15.6 Å². The highest BCUT2D eigenvalue weighted by molar-refractivity contribution is 7.91. The summed E-state index contributed by atoms with van der Waals surface area (Å²) >= 11 is 1.17. The van der Waals surface area contributed by atoms with Crippen molar-refractivity contribution in [2.75, 3.05) is 20.2 Å². The van der Waals surface area contributed by atoms with Gasteiger partial charge in [0.25, 0.3) is 10.0 Å². The number of sulfonamides is 1. The van der Waals surface area contributed by atoms with Gasteiger partial charge in [-0.3, -0.25) is 9.59 Å². The number of nitrogens with one attached hydrogen (secondary N) is 2. The van der Waals surface area contributed by atoms with Gasteiger partial charge in [0.1, 0.15) is 9.96 Å². The third kappa shape index (κ3) is 5.14. The number of carbonyl (C=O) groups is 2. The standard InChI is InChI=1S/C19H23N3O5S2/c1-27-16-7-2-5-14(11-16)12-20-18(23)19(24)21-13-15-6-3-9-22(15)29(25,26)17-8-4-10-28-17/h2,4-5,7-8,10-11,15H,3,6,9,12-13H2,1H3,(H,20,23)(H,21,24)/t15-/m1/s1. The van der Waals surface area contributed by atoms with Gasteiger partial charge >= 0.3 is 11.8 Å². The second-order valence-electron chi connectivity index (χ2n) is 6.59. The Balaban J connectivity index is 1.52. The van der Waals surface area contributed by atoms with E-state index in [0.29, 0.717) is 25.1 Å². The van der Waals surface area contributed by atoms with Crippen LogP contribution in [-0.2, 0) is 26.2 Å². The number of methoxy groups -OCH3 is 1.